The summed E-state index contributed by atoms with van der Waals surface area (Å²) in [4.78, 5) is 0.295. The SMILES string of the molecule is CCc1ccc2c(-c3cccc(C#N)c3)c3c(nn12)C(O)CS3(O)O. The quantitative estimate of drug-likeness (QED) is 0.652. The van der Waals surface area contributed by atoms with Gasteiger partial charge in [0.1, 0.15) is 11.8 Å². The van der Waals surface area contributed by atoms with Crippen molar-refractivity contribution in [1.82, 2.24) is 9.61 Å². The van der Waals surface area contributed by atoms with Gasteiger partial charge in [-0.3, -0.25) is 9.11 Å². The third-order valence-electron chi connectivity index (χ3n) is 4.53. The van der Waals surface area contributed by atoms with Crippen molar-refractivity contribution in [3.63, 3.8) is 0 Å². The van der Waals surface area contributed by atoms with Gasteiger partial charge in [0.05, 0.1) is 27.8 Å². The molecule has 3 aromatic rings. The molecule has 0 saturated heterocycles. The van der Waals surface area contributed by atoms with E-state index in [0.29, 0.717) is 27.3 Å². The monoisotopic (exact) mass is 355 g/mol. The molecule has 2 aromatic heterocycles. The molecule has 0 aliphatic carbocycles. The molecule has 4 rings (SSSR count). The largest absolute Gasteiger partial charge is 0.385 e. The van der Waals surface area contributed by atoms with Crippen LogP contribution in [0.3, 0.4) is 0 Å². The lowest BCUT2D eigenvalue weighted by Gasteiger charge is -2.29. The topological polar surface area (TPSA) is 102 Å². The average Bonchev–Trinajstić information content (AvgIpc) is 3.11. The molecule has 1 aromatic carbocycles. The first-order valence-corrected chi connectivity index (χ1v) is 9.67. The summed E-state index contributed by atoms with van der Waals surface area (Å²) in [7, 11) is -3.15. The number of hydrogen-bond acceptors (Lipinski definition) is 5. The zero-order valence-electron chi connectivity index (χ0n) is 13.5. The second-order valence-electron chi connectivity index (χ2n) is 6.11. The summed E-state index contributed by atoms with van der Waals surface area (Å²) in [6.45, 7) is 2.01. The zero-order chi connectivity index (χ0) is 17.8. The number of hydrogen-bond donors (Lipinski definition) is 3. The van der Waals surface area contributed by atoms with Crippen molar-refractivity contribution in [2.24, 2.45) is 0 Å². The highest BCUT2D eigenvalue weighted by molar-refractivity contribution is 8.24. The highest BCUT2D eigenvalue weighted by Crippen LogP contribution is 2.61. The molecule has 0 fully saturated rings. The van der Waals surface area contributed by atoms with Gasteiger partial charge < -0.3 is 5.11 Å². The van der Waals surface area contributed by atoms with E-state index in [4.69, 9.17) is 0 Å². The van der Waals surface area contributed by atoms with Crippen LogP contribution < -0.4 is 0 Å². The maximum Gasteiger partial charge on any atom is 0.117 e. The maximum absolute atomic E-state index is 10.6. The molecule has 3 N–H and O–H groups in total. The van der Waals surface area contributed by atoms with Gasteiger partial charge in [-0.05, 0) is 36.2 Å². The van der Waals surface area contributed by atoms with Crippen molar-refractivity contribution in [2.45, 2.75) is 24.3 Å². The Balaban J connectivity index is 2.15. The first-order chi connectivity index (χ1) is 12.0. The van der Waals surface area contributed by atoms with Gasteiger partial charge in [-0.15, -0.1) is 0 Å². The van der Waals surface area contributed by atoms with E-state index in [2.05, 4.69) is 11.2 Å². The Hall–Kier alpha value is -2.37. The zero-order valence-corrected chi connectivity index (χ0v) is 14.4. The molecular formula is C18H17N3O3S. The summed E-state index contributed by atoms with van der Waals surface area (Å²) in [6, 6.07) is 12.9. The van der Waals surface area contributed by atoms with Crippen molar-refractivity contribution in [3.8, 4) is 17.2 Å². The number of nitrogens with zero attached hydrogens (tertiary/aromatic N) is 3. The van der Waals surface area contributed by atoms with Crippen LogP contribution in [0, 0.1) is 11.3 Å². The highest BCUT2D eigenvalue weighted by Gasteiger charge is 2.39. The van der Waals surface area contributed by atoms with Gasteiger partial charge in [0, 0.05) is 11.3 Å². The summed E-state index contributed by atoms with van der Waals surface area (Å²) in [5.41, 5.74) is 3.82. The molecule has 3 heterocycles. The number of nitriles is 1. The van der Waals surface area contributed by atoms with Crippen LogP contribution in [0.4, 0.5) is 0 Å². The van der Waals surface area contributed by atoms with E-state index in [1.165, 1.54) is 0 Å². The van der Waals surface area contributed by atoms with Crippen molar-refractivity contribution in [3.05, 3.63) is 53.3 Å². The third-order valence-corrected chi connectivity index (χ3v) is 6.38. The molecule has 128 valence electrons. The van der Waals surface area contributed by atoms with E-state index in [1.54, 1.807) is 22.7 Å². The van der Waals surface area contributed by atoms with Crippen LogP contribution in [0.2, 0.25) is 0 Å². The summed E-state index contributed by atoms with van der Waals surface area (Å²) >= 11 is 0. The first kappa shape index (κ1) is 16.1. The summed E-state index contributed by atoms with van der Waals surface area (Å²) in [6.07, 6.45) is -0.265. The van der Waals surface area contributed by atoms with Crippen LogP contribution >= 0.6 is 10.6 Å². The van der Waals surface area contributed by atoms with Crippen molar-refractivity contribution in [1.29, 1.82) is 5.26 Å². The van der Waals surface area contributed by atoms with Gasteiger partial charge >= 0.3 is 0 Å². The smallest absolute Gasteiger partial charge is 0.117 e. The highest BCUT2D eigenvalue weighted by atomic mass is 32.3. The molecular weight excluding hydrogens is 338 g/mol. The van der Waals surface area contributed by atoms with Crippen molar-refractivity contribution < 1.29 is 14.2 Å². The Kier molecular flexibility index (Phi) is 3.60. The molecule has 0 saturated carbocycles. The lowest BCUT2D eigenvalue weighted by molar-refractivity contribution is 0.196. The molecule has 7 heteroatoms. The minimum absolute atomic E-state index is 0.144. The lowest BCUT2D eigenvalue weighted by Crippen LogP contribution is -2.06. The first-order valence-electron chi connectivity index (χ1n) is 7.95. The predicted octanol–water partition coefficient (Wildman–Crippen LogP) is 3.59. The third kappa shape index (κ3) is 2.34. The standard InChI is InChI=1S/C18H17N3O3S/c1-2-13-6-7-14-16(12-5-3-4-11(8-12)9-19)18-17(20-21(13)14)15(22)10-25(18,23)24/h3-8,15,22-24H,2,10H2,1H3. The Morgan fingerprint density at radius 3 is 2.84 bits per heavy atom. The lowest BCUT2D eigenvalue weighted by atomic mass is 10.0. The van der Waals surface area contributed by atoms with E-state index >= 15 is 0 Å². The van der Waals surface area contributed by atoms with Gasteiger partial charge in [-0.1, -0.05) is 19.1 Å². The summed E-state index contributed by atoms with van der Waals surface area (Å²) in [5.74, 6) is -0.144. The summed E-state index contributed by atoms with van der Waals surface area (Å²) in [5, 5.41) is 24.0. The van der Waals surface area contributed by atoms with Crippen molar-refractivity contribution >= 4 is 16.1 Å². The number of aliphatic hydroxyl groups excluding tert-OH is 1. The van der Waals surface area contributed by atoms with Gasteiger partial charge in [-0.25, -0.2) is 4.52 Å². The van der Waals surface area contributed by atoms with E-state index in [0.717, 1.165) is 17.6 Å². The van der Waals surface area contributed by atoms with Gasteiger partial charge in [-0.2, -0.15) is 21.0 Å². The fraction of sp³-hybridized carbons (Fsp3) is 0.222. The molecule has 25 heavy (non-hydrogen) atoms. The van der Waals surface area contributed by atoms with E-state index in [9.17, 15) is 19.5 Å². The van der Waals surface area contributed by atoms with Crippen LogP contribution in [-0.4, -0.2) is 29.6 Å². The predicted molar refractivity (Wildman–Crippen MR) is 95.7 cm³/mol. The molecule has 0 amide bonds. The van der Waals surface area contributed by atoms with Crippen LogP contribution in [0.15, 0.2) is 41.3 Å². The normalized spacial score (nSPS) is 19.6. The molecule has 0 radical (unpaired) electrons. The molecule has 1 aliphatic heterocycles. The van der Waals surface area contributed by atoms with E-state index in [-0.39, 0.29) is 5.75 Å². The molecule has 1 aliphatic rings. The van der Waals surface area contributed by atoms with Gasteiger partial charge in [0.2, 0.25) is 0 Å². The number of rotatable bonds is 2. The maximum atomic E-state index is 10.6. The molecule has 1 unspecified atom stereocenters. The number of benzene rings is 1. The minimum atomic E-state index is -3.15. The fourth-order valence-electron chi connectivity index (χ4n) is 3.40. The van der Waals surface area contributed by atoms with Crippen LogP contribution in [0.25, 0.3) is 16.6 Å². The second-order valence-corrected chi connectivity index (χ2v) is 8.18. The Morgan fingerprint density at radius 1 is 1.32 bits per heavy atom. The molecule has 0 spiro atoms. The Bertz CT molecular complexity index is 1040. The fourth-order valence-corrected chi connectivity index (χ4v) is 5.22. The Labute approximate surface area is 146 Å². The number of aryl methyl sites for hydroxylation is 1. The minimum Gasteiger partial charge on any atom is -0.385 e. The molecule has 0 bridgehead atoms. The van der Waals surface area contributed by atoms with E-state index in [1.807, 2.05) is 25.1 Å². The second kappa shape index (κ2) is 5.58. The van der Waals surface area contributed by atoms with Gasteiger partial charge in [0.15, 0.2) is 0 Å². The number of fused-ring (bicyclic) bond motifs is 2. The van der Waals surface area contributed by atoms with Crippen LogP contribution in [-0.2, 0) is 6.42 Å². The van der Waals surface area contributed by atoms with Gasteiger partial charge in [0.25, 0.3) is 0 Å². The van der Waals surface area contributed by atoms with Crippen LogP contribution in [0.5, 0.6) is 0 Å². The molecule has 6 nitrogen and oxygen atoms in total. The van der Waals surface area contributed by atoms with Crippen LogP contribution in [0.1, 0.15) is 30.0 Å². The molecule has 1 atom stereocenters. The average molecular weight is 355 g/mol. The number of aromatic nitrogens is 2. The van der Waals surface area contributed by atoms with E-state index < -0.39 is 16.7 Å². The van der Waals surface area contributed by atoms with Crippen molar-refractivity contribution in [2.75, 3.05) is 5.75 Å². The summed E-state index contributed by atoms with van der Waals surface area (Å²) < 4.78 is 22.9. The Morgan fingerprint density at radius 2 is 2.12 bits per heavy atom. The number of aliphatic hydroxyl groups is 1.